The van der Waals surface area contributed by atoms with Gasteiger partial charge in [-0.15, -0.1) is 0 Å². The Labute approximate surface area is 93.8 Å². The average Bonchev–Trinajstić information content (AvgIpc) is 2.18. The van der Waals surface area contributed by atoms with Crippen molar-refractivity contribution in [3.05, 3.63) is 28.7 Å². The lowest BCUT2D eigenvalue weighted by Crippen LogP contribution is -2.28. The van der Waals surface area contributed by atoms with Crippen LogP contribution in [0.4, 0.5) is 0 Å². The minimum absolute atomic E-state index is 0.205. The van der Waals surface area contributed by atoms with Crippen molar-refractivity contribution in [2.75, 3.05) is 13.1 Å². The Kier molecular flexibility index (Phi) is 4.98. The van der Waals surface area contributed by atoms with Crippen molar-refractivity contribution in [2.45, 2.75) is 20.0 Å². The van der Waals surface area contributed by atoms with Crippen LogP contribution in [0.2, 0.25) is 0 Å². The molecule has 1 unspecified atom stereocenters. The van der Waals surface area contributed by atoms with Crippen molar-refractivity contribution in [3.63, 3.8) is 0 Å². The predicted octanol–water partition coefficient (Wildman–Crippen LogP) is 2.83. The SMILES string of the molecule is CCNCC(C)Oc1ccc(Br)cc1. The Balaban J connectivity index is 2.39. The molecule has 0 fully saturated rings. The largest absolute Gasteiger partial charge is 0.489 e. The third-order valence-corrected chi connectivity index (χ3v) is 2.36. The molecule has 14 heavy (non-hydrogen) atoms. The Hall–Kier alpha value is -0.540. The second-order valence-electron chi connectivity index (χ2n) is 3.19. The predicted molar refractivity (Wildman–Crippen MR) is 62.8 cm³/mol. The van der Waals surface area contributed by atoms with E-state index in [1.807, 2.05) is 24.3 Å². The van der Waals surface area contributed by atoms with Gasteiger partial charge in [-0.3, -0.25) is 0 Å². The summed E-state index contributed by atoms with van der Waals surface area (Å²) in [5.41, 5.74) is 0. The molecule has 0 amide bonds. The zero-order valence-electron chi connectivity index (χ0n) is 8.59. The summed E-state index contributed by atoms with van der Waals surface area (Å²) in [5.74, 6) is 0.915. The fourth-order valence-corrected chi connectivity index (χ4v) is 1.40. The molecule has 2 nitrogen and oxygen atoms in total. The maximum Gasteiger partial charge on any atom is 0.119 e. The maximum atomic E-state index is 5.69. The maximum absolute atomic E-state index is 5.69. The average molecular weight is 258 g/mol. The molecular formula is C11H16BrNO. The molecule has 0 heterocycles. The second kappa shape index (κ2) is 6.04. The first-order valence-electron chi connectivity index (χ1n) is 4.85. The molecule has 0 aliphatic carbocycles. The van der Waals surface area contributed by atoms with E-state index in [4.69, 9.17) is 4.74 Å². The lowest BCUT2D eigenvalue weighted by atomic mass is 10.3. The van der Waals surface area contributed by atoms with Crippen molar-refractivity contribution < 1.29 is 4.74 Å². The summed E-state index contributed by atoms with van der Waals surface area (Å²) < 4.78 is 6.76. The lowest BCUT2D eigenvalue weighted by molar-refractivity contribution is 0.218. The second-order valence-corrected chi connectivity index (χ2v) is 4.11. The number of hydrogen-bond donors (Lipinski definition) is 1. The number of benzene rings is 1. The summed E-state index contributed by atoms with van der Waals surface area (Å²) in [6, 6.07) is 7.89. The van der Waals surface area contributed by atoms with Crippen LogP contribution in [0.15, 0.2) is 28.7 Å². The van der Waals surface area contributed by atoms with E-state index in [2.05, 4.69) is 35.1 Å². The topological polar surface area (TPSA) is 21.3 Å². The van der Waals surface area contributed by atoms with E-state index in [1.165, 1.54) is 0 Å². The van der Waals surface area contributed by atoms with Gasteiger partial charge in [0.1, 0.15) is 11.9 Å². The molecule has 1 N–H and O–H groups in total. The monoisotopic (exact) mass is 257 g/mol. The van der Waals surface area contributed by atoms with Crippen LogP contribution in [-0.4, -0.2) is 19.2 Å². The highest BCUT2D eigenvalue weighted by atomic mass is 79.9. The Morgan fingerprint density at radius 3 is 2.57 bits per heavy atom. The van der Waals surface area contributed by atoms with Gasteiger partial charge in [-0.25, -0.2) is 0 Å². The van der Waals surface area contributed by atoms with Crippen LogP contribution in [-0.2, 0) is 0 Å². The van der Waals surface area contributed by atoms with Crippen molar-refractivity contribution in [1.82, 2.24) is 5.32 Å². The van der Waals surface area contributed by atoms with E-state index < -0.39 is 0 Å². The molecule has 1 rings (SSSR count). The van der Waals surface area contributed by atoms with Gasteiger partial charge >= 0.3 is 0 Å². The van der Waals surface area contributed by atoms with Gasteiger partial charge in [0.15, 0.2) is 0 Å². The van der Waals surface area contributed by atoms with E-state index >= 15 is 0 Å². The number of halogens is 1. The van der Waals surface area contributed by atoms with Gasteiger partial charge in [0, 0.05) is 11.0 Å². The smallest absolute Gasteiger partial charge is 0.119 e. The quantitative estimate of drug-likeness (QED) is 0.876. The van der Waals surface area contributed by atoms with E-state index in [-0.39, 0.29) is 6.10 Å². The first-order chi connectivity index (χ1) is 6.72. The van der Waals surface area contributed by atoms with E-state index in [0.29, 0.717) is 0 Å². The number of likely N-dealkylation sites (N-methyl/N-ethyl adjacent to an activating group) is 1. The van der Waals surface area contributed by atoms with Gasteiger partial charge in [0.25, 0.3) is 0 Å². The van der Waals surface area contributed by atoms with Crippen molar-refractivity contribution in [2.24, 2.45) is 0 Å². The van der Waals surface area contributed by atoms with Gasteiger partial charge in [-0.05, 0) is 37.7 Å². The molecule has 1 aromatic rings. The molecule has 0 aromatic heterocycles. The highest BCUT2D eigenvalue weighted by molar-refractivity contribution is 9.10. The zero-order chi connectivity index (χ0) is 10.4. The van der Waals surface area contributed by atoms with E-state index in [0.717, 1.165) is 23.3 Å². The van der Waals surface area contributed by atoms with Crippen LogP contribution in [0.3, 0.4) is 0 Å². The van der Waals surface area contributed by atoms with Gasteiger partial charge in [-0.1, -0.05) is 22.9 Å². The van der Waals surface area contributed by atoms with Crippen molar-refractivity contribution in [1.29, 1.82) is 0 Å². The Morgan fingerprint density at radius 2 is 2.00 bits per heavy atom. The minimum atomic E-state index is 0.205. The van der Waals surface area contributed by atoms with Crippen LogP contribution in [0.25, 0.3) is 0 Å². The van der Waals surface area contributed by atoms with Crippen LogP contribution >= 0.6 is 15.9 Å². The van der Waals surface area contributed by atoms with Gasteiger partial charge in [-0.2, -0.15) is 0 Å². The third kappa shape index (κ3) is 4.11. The third-order valence-electron chi connectivity index (χ3n) is 1.83. The number of hydrogen-bond acceptors (Lipinski definition) is 2. The molecule has 78 valence electrons. The minimum Gasteiger partial charge on any atom is -0.489 e. The summed E-state index contributed by atoms with van der Waals surface area (Å²) in [7, 11) is 0. The Morgan fingerprint density at radius 1 is 1.36 bits per heavy atom. The molecule has 0 saturated carbocycles. The van der Waals surface area contributed by atoms with Gasteiger partial charge in [0.2, 0.25) is 0 Å². The summed E-state index contributed by atoms with van der Waals surface area (Å²) in [4.78, 5) is 0. The fraction of sp³-hybridized carbons (Fsp3) is 0.455. The summed E-state index contributed by atoms with van der Waals surface area (Å²) >= 11 is 3.39. The molecule has 0 bridgehead atoms. The molecule has 0 saturated heterocycles. The van der Waals surface area contributed by atoms with Crippen LogP contribution < -0.4 is 10.1 Å². The number of rotatable bonds is 5. The number of ether oxygens (including phenoxy) is 1. The highest BCUT2D eigenvalue weighted by Gasteiger charge is 2.02. The fourth-order valence-electron chi connectivity index (χ4n) is 1.13. The highest BCUT2D eigenvalue weighted by Crippen LogP contribution is 2.16. The van der Waals surface area contributed by atoms with E-state index in [9.17, 15) is 0 Å². The molecule has 1 aromatic carbocycles. The lowest BCUT2D eigenvalue weighted by Gasteiger charge is -2.14. The first-order valence-corrected chi connectivity index (χ1v) is 5.64. The van der Waals surface area contributed by atoms with E-state index in [1.54, 1.807) is 0 Å². The van der Waals surface area contributed by atoms with Crippen molar-refractivity contribution in [3.8, 4) is 5.75 Å². The van der Waals surface area contributed by atoms with Crippen LogP contribution in [0, 0.1) is 0 Å². The first kappa shape index (κ1) is 11.5. The van der Waals surface area contributed by atoms with Crippen molar-refractivity contribution >= 4 is 15.9 Å². The summed E-state index contributed by atoms with van der Waals surface area (Å²) in [5, 5.41) is 3.25. The van der Waals surface area contributed by atoms with Crippen LogP contribution in [0.1, 0.15) is 13.8 Å². The molecule has 0 spiro atoms. The standard InChI is InChI=1S/C11H16BrNO/c1-3-13-8-9(2)14-11-6-4-10(12)5-7-11/h4-7,9,13H,3,8H2,1-2H3. The molecule has 3 heteroatoms. The van der Waals surface area contributed by atoms with Gasteiger partial charge < -0.3 is 10.1 Å². The molecular weight excluding hydrogens is 242 g/mol. The Bertz CT molecular complexity index is 260. The number of nitrogens with one attached hydrogen (secondary N) is 1. The summed E-state index contributed by atoms with van der Waals surface area (Å²) in [6.45, 7) is 6.01. The van der Waals surface area contributed by atoms with Crippen LogP contribution in [0.5, 0.6) is 5.75 Å². The molecule has 0 aliphatic heterocycles. The van der Waals surface area contributed by atoms with Gasteiger partial charge in [0.05, 0.1) is 0 Å². The zero-order valence-corrected chi connectivity index (χ0v) is 10.2. The normalized spacial score (nSPS) is 12.5. The molecule has 0 aliphatic rings. The summed E-state index contributed by atoms with van der Waals surface area (Å²) in [6.07, 6.45) is 0.205. The molecule has 0 radical (unpaired) electrons. The molecule has 1 atom stereocenters.